The average molecular weight is 456 g/mol. The first-order chi connectivity index (χ1) is 16.2. The number of nitrogens with zero attached hydrogens (tertiary/aromatic N) is 5. The molecule has 8 heteroatoms. The number of thiazole rings is 1. The maximum absolute atomic E-state index is 11.5. The fourth-order valence-electron chi connectivity index (χ4n) is 3.95. The zero-order chi connectivity index (χ0) is 22.6. The van der Waals surface area contributed by atoms with E-state index in [-0.39, 0.29) is 10.6 Å². The highest BCUT2D eigenvalue weighted by atomic mass is 32.1. The number of aryl methyl sites for hydroxylation is 1. The third-order valence-electron chi connectivity index (χ3n) is 5.52. The summed E-state index contributed by atoms with van der Waals surface area (Å²) in [7, 11) is 0. The highest BCUT2D eigenvalue weighted by Crippen LogP contribution is 2.30. The molecule has 0 fully saturated rings. The minimum absolute atomic E-state index is 0.00239. The second-order valence-electron chi connectivity index (χ2n) is 7.59. The second-order valence-corrected chi connectivity index (χ2v) is 8.43. The molecule has 0 unspecified atom stereocenters. The number of nitro benzene ring substituents is 1. The van der Waals surface area contributed by atoms with Gasteiger partial charge in [0.2, 0.25) is 0 Å². The Labute approximate surface area is 194 Å². The van der Waals surface area contributed by atoms with Gasteiger partial charge in [0.05, 0.1) is 16.9 Å². The summed E-state index contributed by atoms with van der Waals surface area (Å²) in [5, 5.41) is 15.9. The van der Waals surface area contributed by atoms with Crippen LogP contribution < -0.4 is 4.80 Å². The lowest BCUT2D eigenvalue weighted by Crippen LogP contribution is -2.17. The number of fused-ring (bicyclic) bond motifs is 1. The van der Waals surface area contributed by atoms with E-state index < -0.39 is 0 Å². The van der Waals surface area contributed by atoms with Gasteiger partial charge in [-0.25, -0.2) is 9.98 Å². The van der Waals surface area contributed by atoms with Gasteiger partial charge >= 0.3 is 0 Å². The average Bonchev–Trinajstić information content (AvgIpc) is 3.49. The molecule has 0 bridgehead atoms. The Morgan fingerprint density at radius 2 is 1.82 bits per heavy atom. The minimum atomic E-state index is -0.387. The zero-order valence-corrected chi connectivity index (χ0v) is 18.6. The van der Waals surface area contributed by atoms with E-state index in [1.54, 1.807) is 24.4 Å². The Bertz CT molecular complexity index is 1480. The Hall–Kier alpha value is -4.04. The maximum Gasteiger partial charge on any atom is 0.294 e. The number of rotatable bonds is 7. The van der Waals surface area contributed by atoms with Crippen LogP contribution in [0, 0.1) is 10.1 Å². The standard InChI is InChI=1S/C25H21N5O2S/c31-30(32)23-12-4-3-11-22(23)27-25-29(15-6-14-28-16-13-26-18-28)24(17-33-25)21-10-5-8-19-7-1-2-9-20(19)21/h1-5,7-13,16-18H,6,14-15H2. The van der Waals surface area contributed by atoms with Crippen LogP contribution in [0.4, 0.5) is 11.4 Å². The number of hydrogen-bond acceptors (Lipinski definition) is 5. The van der Waals surface area contributed by atoms with Gasteiger partial charge in [0.1, 0.15) is 5.69 Å². The van der Waals surface area contributed by atoms with Gasteiger partial charge in [-0.15, -0.1) is 11.3 Å². The Morgan fingerprint density at radius 1 is 1.00 bits per heavy atom. The summed E-state index contributed by atoms with van der Waals surface area (Å²) in [4.78, 5) is 20.7. The number of benzene rings is 3. The predicted molar refractivity (Wildman–Crippen MR) is 130 cm³/mol. The van der Waals surface area contributed by atoms with E-state index >= 15 is 0 Å². The monoisotopic (exact) mass is 455 g/mol. The summed E-state index contributed by atoms with van der Waals surface area (Å²) in [6.45, 7) is 1.54. The summed E-state index contributed by atoms with van der Waals surface area (Å²) >= 11 is 1.50. The van der Waals surface area contributed by atoms with E-state index in [0.717, 1.165) is 35.6 Å². The van der Waals surface area contributed by atoms with E-state index in [4.69, 9.17) is 4.99 Å². The lowest BCUT2D eigenvalue weighted by atomic mass is 10.0. The molecule has 0 atom stereocenters. The Balaban J connectivity index is 1.62. The minimum Gasteiger partial charge on any atom is -0.337 e. The van der Waals surface area contributed by atoms with Crippen molar-refractivity contribution in [1.82, 2.24) is 14.1 Å². The smallest absolute Gasteiger partial charge is 0.294 e. The van der Waals surface area contributed by atoms with Crippen LogP contribution in [0.15, 0.2) is 95.8 Å². The molecule has 33 heavy (non-hydrogen) atoms. The Morgan fingerprint density at radius 3 is 2.67 bits per heavy atom. The van der Waals surface area contributed by atoms with Crippen LogP contribution in [0.1, 0.15) is 6.42 Å². The first-order valence-electron chi connectivity index (χ1n) is 10.6. The van der Waals surface area contributed by atoms with Crippen molar-refractivity contribution in [3.8, 4) is 11.3 Å². The van der Waals surface area contributed by atoms with Crippen LogP contribution in [0.2, 0.25) is 0 Å². The lowest BCUT2D eigenvalue weighted by Gasteiger charge is -2.12. The number of hydrogen-bond donors (Lipinski definition) is 0. The second kappa shape index (κ2) is 9.22. The van der Waals surface area contributed by atoms with Crippen molar-refractivity contribution < 1.29 is 4.92 Å². The molecule has 0 saturated heterocycles. The molecule has 0 spiro atoms. The number of imidazole rings is 1. The highest BCUT2D eigenvalue weighted by Gasteiger charge is 2.14. The van der Waals surface area contributed by atoms with Gasteiger partial charge in [0.15, 0.2) is 4.80 Å². The van der Waals surface area contributed by atoms with Crippen LogP contribution in [0.3, 0.4) is 0 Å². The summed E-state index contributed by atoms with van der Waals surface area (Å²) in [5.74, 6) is 0. The van der Waals surface area contributed by atoms with Crippen molar-refractivity contribution in [3.05, 3.63) is 106 Å². The number of aromatic nitrogens is 3. The third-order valence-corrected chi connectivity index (χ3v) is 6.38. The fraction of sp³-hybridized carbons (Fsp3) is 0.120. The molecule has 0 aliphatic heterocycles. The first kappa shape index (κ1) is 20.8. The van der Waals surface area contributed by atoms with Crippen LogP contribution in [-0.4, -0.2) is 19.0 Å². The molecular weight excluding hydrogens is 434 g/mol. The van der Waals surface area contributed by atoms with Gasteiger partial charge in [-0.2, -0.15) is 0 Å². The van der Waals surface area contributed by atoms with Gasteiger partial charge < -0.3 is 9.13 Å². The quantitative estimate of drug-likeness (QED) is 0.230. The first-order valence-corrected chi connectivity index (χ1v) is 11.5. The topological polar surface area (TPSA) is 78.2 Å². The van der Waals surface area contributed by atoms with Crippen molar-refractivity contribution in [2.24, 2.45) is 4.99 Å². The van der Waals surface area contributed by atoms with Crippen LogP contribution >= 0.6 is 11.3 Å². The van der Waals surface area contributed by atoms with E-state index in [9.17, 15) is 10.1 Å². The highest BCUT2D eigenvalue weighted by molar-refractivity contribution is 7.07. The van der Waals surface area contributed by atoms with Crippen LogP contribution in [0.5, 0.6) is 0 Å². The van der Waals surface area contributed by atoms with Crippen molar-refractivity contribution in [1.29, 1.82) is 0 Å². The van der Waals surface area contributed by atoms with E-state index in [1.165, 1.54) is 28.2 Å². The molecule has 3 aromatic carbocycles. The van der Waals surface area contributed by atoms with Gasteiger partial charge in [0.25, 0.3) is 5.69 Å². The molecule has 0 radical (unpaired) electrons. The van der Waals surface area contributed by atoms with E-state index in [0.29, 0.717) is 5.69 Å². The third kappa shape index (κ3) is 4.33. The molecule has 2 heterocycles. The van der Waals surface area contributed by atoms with Gasteiger partial charge in [-0.1, -0.05) is 54.6 Å². The maximum atomic E-state index is 11.5. The molecule has 164 valence electrons. The fourth-order valence-corrected chi connectivity index (χ4v) is 4.88. The van der Waals surface area contributed by atoms with Gasteiger partial charge in [-0.3, -0.25) is 10.1 Å². The molecule has 5 aromatic rings. The summed E-state index contributed by atoms with van der Waals surface area (Å²) in [6, 6.07) is 21.2. The Kier molecular flexibility index (Phi) is 5.82. The number of para-hydroxylation sites is 2. The molecule has 0 saturated carbocycles. The lowest BCUT2D eigenvalue weighted by molar-refractivity contribution is -0.384. The van der Waals surface area contributed by atoms with Gasteiger partial charge in [-0.05, 0) is 23.3 Å². The molecule has 7 nitrogen and oxygen atoms in total. The van der Waals surface area contributed by atoms with Crippen molar-refractivity contribution in [3.63, 3.8) is 0 Å². The summed E-state index contributed by atoms with van der Waals surface area (Å²) in [6.07, 6.45) is 6.40. The largest absolute Gasteiger partial charge is 0.337 e. The van der Waals surface area contributed by atoms with Gasteiger partial charge in [0, 0.05) is 42.5 Å². The zero-order valence-electron chi connectivity index (χ0n) is 17.7. The molecule has 0 aliphatic rings. The molecule has 0 N–H and O–H groups in total. The molecule has 0 amide bonds. The van der Waals surface area contributed by atoms with Crippen LogP contribution in [0.25, 0.3) is 22.0 Å². The normalized spacial score (nSPS) is 11.8. The summed E-state index contributed by atoms with van der Waals surface area (Å²) < 4.78 is 4.21. The molecular formula is C25H21N5O2S. The molecule has 0 aliphatic carbocycles. The molecule has 5 rings (SSSR count). The molecule has 2 aromatic heterocycles. The summed E-state index contributed by atoms with van der Waals surface area (Å²) in [5.41, 5.74) is 2.54. The van der Waals surface area contributed by atoms with Crippen molar-refractivity contribution >= 4 is 33.5 Å². The van der Waals surface area contributed by atoms with Crippen LogP contribution in [-0.2, 0) is 13.1 Å². The number of nitro groups is 1. The van der Waals surface area contributed by atoms with E-state index in [2.05, 4.69) is 45.3 Å². The SMILES string of the molecule is O=[N+]([O-])c1ccccc1N=c1scc(-c2cccc3ccccc23)n1CCCn1ccnc1. The van der Waals surface area contributed by atoms with E-state index in [1.807, 2.05) is 29.2 Å². The van der Waals surface area contributed by atoms with Crippen molar-refractivity contribution in [2.75, 3.05) is 0 Å². The van der Waals surface area contributed by atoms with Crippen molar-refractivity contribution in [2.45, 2.75) is 19.5 Å². The predicted octanol–water partition coefficient (Wildman–Crippen LogP) is 5.80.